The zero-order valence-electron chi connectivity index (χ0n) is 20.6. The number of nitrogens with zero attached hydrogens (tertiary/aromatic N) is 2. The lowest BCUT2D eigenvalue weighted by molar-refractivity contribution is -0.122. The smallest absolute Gasteiger partial charge is 0.295 e. The third-order valence-electron chi connectivity index (χ3n) is 5.89. The lowest BCUT2D eigenvalue weighted by Gasteiger charge is -2.15. The van der Waals surface area contributed by atoms with Gasteiger partial charge in [-0.15, -0.1) is 0 Å². The van der Waals surface area contributed by atoms with Crippen LogP contribution in [0.3, 0.4) is 0 Å². The van der Waals surface area contributed by atoms with Crippen molar-refractivity contribution in [2.75, 3.05) is 10.6 Å². The summed E-state index contributed by atoms with van der Waals surface area (Å²) in [6.07, 6.45) is -0.742. The van der Waals surface area contributed by atoms with Gasteiger partial charge in [0.1, 0.15) is 11.4 Å². The van der Waals surface area contributed by atoms with Crippen LogP contribution in [0.15, 0.2) is 83.7 Å². The Bertz CT molecular complexity index is 1450. The topological polar surface area (TPSA) is 94.4 Å². The van der Waals surface area contributed by atoms with Gasteiger partial charge in [0.05, 0.1) is 11.4 Å². The highest BCUT2D eigenvalue weighted by atomic mass is 16.5. The lowest BCUT2D eigenvalue weighted by Crippen LogP contribution is -2.30. The monoisotopic (exact) mass is 484 g/mol. The van der Waals surface area contributed by atoms with Gasteiger partial charge in [-0.25, -0.2) is 4.68 Å². The minimum absolute atomic E-state index is 0.195. The Morgan fingerprint density at radius 3 is 2.28 bits per heavy atom. The summed E-state index contributed by atoms with van der Waals surface area (Å²) in [5.41, 5.74) is 3.01. The number of anilines is 2. The van der Waals surface area contributed by atoms with Gasteiger partial charge in [-0.05, 0) is 63.2 Å². The van der Waals surface area contributed by atoms with Crippen LogP contribution < -0.4 is 20.9 Å². The highest BCUT2D eigenvalue weighted by molar-refractivity contribution is 6.05. The van der Waals surface area contributed by atoms with Crippen LogP contribution >= 0.6 is 0 Å². The average molecular weight is 485 g/mol. The van der Waals surface area contributed by atoms with Crippen LogP contribution in [0.1, 0.15) is 28.5 Å². The molecular weight excluding hydrogens is 456 g/mol. The van der Waals surface area contributed by atoms with E-state index in [9.17, 15) is 14.4 Å². The van der Waals surface area contributed by atoms with Crippen molar-refractivity contribution < 1.29 is 14.3 Å². The van der Waals surface area contributed by atoms with Crippen molar-refractivity contribution >= 4 is 23.2 Å². The maximum Gasteiger partial charge on any atom is 0.295 e. The van der Waals surface area contributed by atoms with Crippen molar-refractivity contribution in [1.82, 2.24) is 9.36 Å². The SMILES string of the molecule is Cc1ccc(O[C@@H](C)C(=O)Nc2cccc(C(=O)Nc3c(C)n(C)n(-c4ccccc4)c3=O)c2)cc1. The van der Waals surface area contributed by atoms with Crippen LogP contribution in [-0.4, -0.2) is 27.3 Å². The average Bonchev–Trinajstić information content (AvgIpc) is 3.09. The first-order valence-corrected chi connectivity index (χ1v) is 11.5. The van der Waals surface area contributed by atoms with Gasteiger partial charge in [0.25, 0.3) is 17.4 Å². The van der Waals surface area contributed by atoms with Gasteiger partial charge in [-0.2, -0.15) is 0 Å². The Balaban J connectivity index is 1.48. The van der Waals surface area contributed by atoms with Gasteiger partial charge in [0, 0.05) is 18.3 Å². The van der Waals surface area contributed by atoms with Crippen molar-refractivity contribution in [2.24, 2.45) is 7.05 Å². The maximum absolute atomic E-state index is 13.1. The molecule has 0 unspecified atom stereocenters. The quantitative estimate of drug-likeness (QED) is 0.405. The molecule has 3 aromatic carbocycles. The molecule has 0 aliphatic rings. The minimum Gasteiger partial charge on any atom is -0.481 e. The molecule has 4 rings (SSSR count). The van der Waals surface area contributed by atoms with E-state index >= 15 is 0 Å². The molecule has 1 heterocycles. The van der Waals surface area contributed by atoms with Crippen LogP contribution in [0.4, 0.5) is 11.4 Å². The molecule has 8 nitrogen and oxygen atoms in total. The molecule has 2 amide bonds. The molecule has 1 atom stereocenters. The highest BCUT2D eigenvalue weighted by Gasteiger charge is 2.20. The predicted molar refractivity (Wildman–Crippen MR) is 140 cm³/mol. The molecule has 1 aromatic heterocycles. The Labute approximate surface area is 209 Å². The number of carbonyl (C=O) groups is 2. The number of nitrogens with one attached hydrogen (secondary N) is 2. The lowest BCUT2D eigenvalue weighted by atomic mass is 10.1. The summed E-state index contributed by atoms with van der Waals surface area (Å²) in [5.74, 6) is -0.213. The molecule has 0 bridgehead atoms. The number of benzene rings is 3. The van der Waals surface area contributed by atoms with Crippen molar-refractivity contribution in [3.05, 3.63) is 106 Å². The number of para-hydroxylation sites is 1. The van der Waals surface area contributed by atoms with E-state index < -0.39 is 12.0 Å². The second kappa shape index (κ2) is 10.4. The second-order valence-corrected chi connectivity index (χ2v) is 8.53. The summed E-state index contributed by atoms with van der Waals surface area (Å²) in [6, 6.07) is 23.1. The molecule has 36 heavy (non-hydrogen) atoms. The second-order valence-electron chi connectivity index (χ2n) is 8.53. The van der Waals surface area contributed by atoms with Crippen LogP contribution in [0, 0.1) is 13.8 Å². The summed E-state index contributed by atoms with van der Waals surface area (Å²) in [6.45, 7) is 5.39. The standard InChI is InChI=1S/C28H28N4O4/c1-18-13-15-24(16-14-18)36-20(3)26(33)29-22-10-8-9-21(17-22)27(34)30-25-19(2)31(4)32(28(25)35)23-11-6-5-7-12-23/h5-17,20H,1-4H3,(H,29,33)(H,30,34)/t20-/m0/s1. The number of hydrogen-bond donors (Lipinski definition) is 2. The fraction of sp³-hybridized carbons (Fsp3) is 0.179. The fourth-order valence-corrected chi connectivity index (χ4v) is 3.75. The van der Waals surface area contributed by atoms with Gasteiger partial charge in [-0.3, -0.25) is 19.1 Å². The molecule has 0 fully saturated rings. The summed E-state index contributed by atoms with van der Waals surface area (Å²) < 4.78 is 8.90. The van der Waals surface area contributed by atoms with Crippen molar-refractivity contribution in [1.29, 1.82) is 0 Å². The molecule has 8 heteroatoms. The molecule has 184 valence electrons. The first-order valence-electron chi connectivity index (χ1n) is 11.5. The van der Waals surface area contributed by atoms with Crippen LogP contribution in [0.2, 0.25) is 0 Å². The fourth-order valence-electron chi connectivity index (χ4n) is 3.75. The number of carbonyl (C=O) groups excluding carboxylic acids is 2. The predicted octanol–water partition coefficient (Wildman–Crippen LogP) is 4.45. The number of rotatable bonds is 7. The van der Waals surface area contributed by atoms with Gasteiger partial charge in [0.2, 0.25) is 0 Å². The Kier molecular flexibility index (Phi) is 7.05. The molecular formula is C28H28N4O4. The summed E-state index contributed by atoms with van der Waals surface area (Å²) in [7, 11) is 1.76. The zero-order chi connectivity index (χ0) is 25.8. The number of aromatic nitrogens is 2. The third-order valence-corrected chi connectivity index (χ3v) is 5.89. The van der Waals surface area contributed by atoms with Gasteiger partial charge >= 0.3 is 0 Å². The van der Waals surface area contributed by atoms with E-state index in [4.69, 9.17) is 4.74 Å². The zero-order valence-corrected chi connectivity index (χ0v) is 20.6. The van der Waals surface area contributed by atoms with Gasteiger partial charge < -0.3 is 15.4 Å². The first kappa shape index (κ1) is 24.5. The normalized spacial score (nSPS) is 11.6. The molecule has 0 spiro atoms. The minimum atomic E-state index is -0.742. The highest BCUT2D eigenvalue weighted by Crippen LogP contribution is 2.18. The van der Waals surface area contributed by atoms with E-state index in [1.807, 2.05) is 49.4 Å². The molecule has 0 aliphatic carbocycles. The van der Waals surface area contributed by atoms with Crippen LogP contribution in [0.5, 0.6) is 5.75 Å². The number of aryl methyl sites for hydroxylation is 1. The largest absolute Gasteiger partial charge is 0.481 e. The number of amides is 2. The Morgan fingerprint density at radius 2 is 1.58 bits per heavy atom. The van der Waals surface area contributed by atoms with Crippen molar-refractivity contribution in [2.45, 2.75) is 26.9 Å². The van der Waals surface area contributed by atoms with Crippen molar-refractivity contribution in [3.63, 3.8) is 0 Å². The van der Waals surface area contributed by atoms with E-state index in [1.165, 1.54) is 4.68 Å². The van der Waals surface area contributed by atoms with E-state index in [1.54, 1.807) is 62.0 Å². The van der Waals surface area contributed by atoms with Crippen molar-refractivity contribution in [3.8, 4) is 11.4 Å². The number of hydrogen-bond acceptors (Lipinski definition) is 4. The first-order chi connectivity index (χ1) is 17.2. The van der Waals surface area contributed by atoms with E-state index in [-0.39, 0.29) is 17.2 Å². The molecule has 0 aliphatic heterocycles. The maximum atomic E-state index is 13.1. The van der Waals surface area contributed by atoms with Gasteiger partial charge in [-0.1, -0.05) is 42.0 Å². The summed E-state index contributed by atoms with van der Waals surface area (Å²) in [4.78, 5) is 38.7. The van der Waals surface area contributed by atoms with E-state index in [0.29, 0.717) is 28.4 Å². The summed E-state index contributed by atoms with van der Waals surface area (Å²) in [5, 5.41) is 5.51. The molecule has 0 saturated heterocycles. The van der Waals surface area contributed by atoms with E-state index in [2.05, 4.69) is 10.6 Å². The van der Waals surface area contributed by atoms with Crippen LogP contribution in [-0.2, 0) is 11.8 Å². The summed E-state index contributed by atoms with van der Waals surface area (Å²) >= 11 is 0. The third kappa shape index (κ3) is 5.22. The molecule has 0 radical (unpaired) electrons. The van der Waals surface area contributed by atoms with E-state index in [0.717, 1.165) is 5.56 Å². The molecule has 2 N–H and O–H groups in total. The van der Waals surface area contributed by atoms with Crippen LogP contribution in [0.25, 0.3) is 5.69 Å². The number of ether oxygens (including phenoxy) is 1. The molecule has 0 saturated carbocycles. The Hall–Kier alpha value is -4.59. The van der Waals surface area contributed by atoms with Gasteiger partial charge in [0.15, 0.2) is 6.10 Å². The molecule has 4 aromatic rings. The Morgan fingerprint density at radius 1 is 0.889 bits per heavy atom.